The van der Waals surface area contributed by atoms with Crippen LogP contribution in [0.3, 0.4) is 0 Å². The third kappa shape index (κ3) is 3.76. The van der Waals surface area contributed by atoms with Crippen molar-refractivity contribution in [1.29, 1.82) is 0 Å². The van der Waals surface area contributed by atoms with Gasteiger partial charge in [-0.2, -0.15) is 0 Å². The fraction of sp³-hybridized carbons (Fsp3) is 0. The van der Waals surface area contributed by atoms with Gasteiger partial charge < -0.3 is 4.42 Å². The van der Waals surface area contributed by atoms with Gasteiger partial charge in [0.15, 0.2) is 0 Å². The average molecular weight is 621 g/mol. The fourth-order valence-electron chi connectivity index (χ4n) is 8.46. The van der Waals surface area contributed by atoms with Crippen LogP contribution in [0.15, 0.2) is 174 Å². The van der Waals surface area contributed by atoms with E-state index in [1.54, 1.807) is 0 Å². The molecule has 0 aliphatic heterocycles. The van der Waals surface area contributed by atoms with E-state index in [0.717, 1.165) is 27.3 Å². The molecule has 0 fully saturated rings. The van der Waals surface area contributed by atoms with E-state index in [2.05, 4.69) is 164 Å². The molecule has 0 atom stereocenters. The van der Waals surface area contributed by atoms with Crippen LogP contribution in [0.4, 0.5) is 0 Å². The SMILES string of the molecule is c1ccc2cc3c(ccc4c(-c5c6ccccc6c(-c6cc7c8ccccc8oc7c7ccccc67)c6ccccc56)cccc43)cc2c1. The van der Waals surface area contributed by atoms with Crippen LogP contribution in [0.5, 0.6) is 0 Å². The summed E-state index contributed by atoms with van der Waals surface area (Å²) in [6.45, 7) is 0. The Kier molecular flexibility index (Phi) is 5.45. The zero-order valence-corrected chi connectivity index (χ0v) is 26.6. The van der Waals surface area contributed by atoms with Gasteiger partial charge in [0.05, 0.1) is 0 Å². The molecular formula is C48H28O. The van der Waals surface area contributed by atoms with Crippen LogP contribution in [0, 0.1) is 0 Å². The van der Waals surface area contributed by atoms with E-state index >= 15 is 0 Å². The third-order valence-electron chi connectivity index (χ3n) is 10.6. The molecule has 0 radical (unpaired) electrons. The van der Waals surface area contributed by atoms with Crippen molar-refractivity contribution in [2.45, 2.75) is 0 Å². The maximum atomic E-state index is 6.50. The highest BCUT2D eigenvalue weighted by Crippen LogP contribution is 2.49. The number of para-hydroxylation sites is 1. The van der Waals surface area contributed by atoms with Gasteiger partial charge in [-0.1, -0.05) is 146 Å². The van der Waals surface area contributed by atoms with Crippen LogP contribution in [-0.2, 0) is 0 Å². The number of rotatable bonds is 2. The van der Waals surface area contributed by atoms with E-state index in [9.17, 15) is 0 Å². The molecule has 226 valence electrons. The van der Waals surface area contributed by atoms with Gasteiger partial charge in [0.2, 0.25) is 0 Å². The Balaban J connectivity index is 1.28. The molecule has 1 heteroatoms. The molecule has 0 aliphatic rings. The highest BCUT2D eigenvalue weighted by Gasteiger charge is 2.21. The van der Waals surface area contributed by atoms with E-state index in [1.807, 2.05) is 6.07 Å². The second-order valence-electron chi connectivity index (χ2n) is 13.2. The van der Waals surface area contributed by atoms with E-state index in [-0.39, 0.29) is 0 Å². The summed E-state index contributed by atoms with van der Waals surface area (Å²) >= 11 is 0. The smallest absolute Gasteiger partial charge is 0.143 e. The topological polar surface area (TPSA) is 13.1 Å². The van der Waals surface area contributed by atoms with Crippen LogP contribution in [0.2, 0.25) is 0 Å². The van der Waals surface area contributed by atoms with Gasteiger partial charge in [0, 0.05) is 16.2 Å². The molecule has 0 unspecified atom stereocenters. The Hall–Kier alpha value is -6.44. The van der Waals surface area contributed by atoms with E-state index in [0.29, 0.717) is 0 Å². The summed E-state index contributed by atoms with van der Waals surface area (Å²) in [7, 11) is 0. The molecule has 0 saturated heterocycles. The Morgan fingerprint density at radius 3 is 1.51 bits per heavy atom. The Labute approximate surface area is 282 Å². The predicted molar refractivity (Wildman–Crippen MR) is 210 cm³/mol. The number of furan rings is 1. The summed E-state index contributed by atoms with van der Waals surface area (Å²) < 4.78 is 6.50. The highest BCUT2D eigenvalue weighted by molar-refractivity contribution is 6.28. The molecule has 11 aromatic rings. The van der Waals surface area contributed by atoms with Crippen LogP contribution in [0.1, 0.15) is 0 Å². The van der Waals surface area contributed by atoms with Crippen molar-refractivity contribution in [3.63, 3.8) is 0 Å². The molecule has 1 nitrogen and oxygen atoms in total. The fourth-order valence-corrected chi connectivity index (χ4v) is 8.46. The van der Waals surface area contributed by atoms with Gasteiger partial charge in [-0.15, -0.1) is 0 Å². The zero-order valence-electron chi connectivity index (χ0n) is 26.6. The molecule has 1 heterocycles. The van der Waals surface area contributed by atoms with Crippen molar-refractivity contribution in [3.05, 3.63) is 170 Å². The standard InChI is InChI=1S/C48H28O/c1-2-13-30-27-42-31(26-29(30)12-1)24-25-34-32(42)21-11-22-36(34)46-37-16-4-6-18-39(37)47(40-19-7-5-17-38(40)46)43-28-44-35-15-9-10-23-45(35)49-48(44)41-20-8-3-14-33(41)43/h1-28H. The molecule has 49 heavy (non-hydrogen) atoms. The molecule has 0 spiro atoms. The normalized spacial score (nSPS) is 12.1. The van der Waals surface area contributed by atoms with Gasteiger partial charge in [0.25, 0.3) is 0 Å². The first-order valence-corrected chi connectivity index (χ1v) is 16.9. The number of benzene rings is 10. The van der Waals surface area contributed by atoms with Gasteiger partial charge in [0.1, 0.15) is 11.2 Å². The molecule has 0 aliphatic carbocycles. The number of hydrogen-bond donors (Lipinski definition) is 0. The van der Waals surface area contributed by atoms with Crippen molar-refractivity contribution < 1.29 is 4.42 Å². The molecule has 0 amide bonds. The second kappa shape index (κ2) is 10.0. The van der Waals surface area contributed by atoms with Crippen molar-refractivity contribution >= 4 is 86.6 Å². The third-order valence-corrected chi connectivity index (χ3v) is 10.6. The van der Waals surface area contributed by atoms with Gasteiger partial charge in [-0.25, -0.2) is 0 Å². The monoisotopic (exact) mass is 620 g/mol. The quantitative estimate of drug-likeness (QED) is 0.138. The van der Waals surface area contributed by atoms with Crippen molar-refractivity contribution in [2.75, 3.05) is 0 Å². The summed E-state index contributed by atoms with van der Waals surface area (Å²) in [6.07, 6.45) is 0. The summed E-state index contributed by atoms with van der Waals surface area (Å²) in [6, 6.07) is 62.2. The minimum atomic E-state index is 0.918. The minimum Gasteiger partial charge on any atom is -0.455 e. The summed E-state index contributed by atoms with van der Waals surface area (Å²) in [5.74, 6) is 0. The predicted octanol–water partition coefficient (Wildman–Crippen LogP) is 13.8. The maximum Gasteiger partial charge on any atom is 0.143 e. The summed E-state index contributed by atoms with van der Waals surface area (Å²) in [5.41, 5.74) is 6.88. The largest absolute Gasteiger partial charge is 0.455 e. The molecule has 0 bridgehead atoms. The molecular weight excluding hydrogens is 593 g/mol. The molecule has 0 N–H and O–H groups in total. The molecule has 10 aromatic carbocycles. The van der Waals surface area contributed by atoms with Crippen molar-refractivity contribution in [3.8, 4) is 22.3 Å². The molecule has 11 rings (SSSR count). The van der Waals surface area contributed by atoms with Crippen LogP contribution >= 0.6 is 0 Å². The van der Waals surface area contributed by atoms with Crippen LogP contribution < -0.4 is 0 Å². The van der Waals surface area contributed by atoms with E-state index in [4.69, 9.17) is 4.42 Å². The lowest BCUT2D eigenvalue weighted by Gasteiger charge is -2.20. The van der Waals surface area contributed by atoms with Gasteiger partial charge in [-0.05, 0) is 106 Å². The minimum absolute atomic E-state index is 0.918. The average Bonchev–Trinajstić information content (AvgIpc) is 3.54. The molecule has 1 aromatic heterocycles. The maximum absolute atomic E-state index is 6.50. The zero-order chi connectivity index (χ0) is 32.1. The highest BCUT2D eigenvalue weighted by atomic mass is 16.3. The second-order valence-corrected chi connectivity index (χ2v) is 13.2. The summed E-state index contributed by atoms with van der Waals surface area (Å²) in [4.78, 5) is 0. The van der Waals surface area contributed by atoms with E-state index in [1.165, 1.54) is 81.5 Å². The lowest BCUT2D eigenvalue weighted by molar-refractivity contribution is 0.672. The van der Waals surface area contributed by atoms with Crippen molar-refractivity contribution in [2.24, 2.45) is 0 Å². The molecule has 0 saturated carbocycles. The summed E-state index contributed by atoms with van der Waals surface area (Å²) in [5, 5.41) is 17.3. The Morgan fingerprint density at radius 2 is 0.796 bits per heavy atom. The van der Waals surface area contributed by atoms with Gasteiger partial charge in [-0.3, -0.25) is 0 Å². The number of hydrogen-bond acceptors (Lipinski definition) is 1. The van der Waals surface area contributed by atoms with Crippen LogP contribution in [0.25, 0.3) is 109 Å². The Morgan fingerprint density at radius 1 is 0.265 bits per heavy atom. The lowest BCUT2D eigenvalue weighted by Crippen LogP contribution is -1.92. The first kappa shape index (κ1) is 26.6. The van der Waals surface area contributed by atoms with Gasteiger partial charge >= 0.3 is 0 Å². The first-order chi connectivity index (χ1) is 24.3. The Bertz CT molecular complexity index is 3100. The number of fused-ring (bicyclic) bond motifs is 11. The van der Waals surface area contributed by atoms with Crippen LogP contribution in [-0.4, -0.2) is 0 Å². The first-order valence-electron chi connectivity index (χ1n) is 16.9. The van der Waals surface area contributed by atoms with E-state index < -0.39 is 0 Å². The lowest BCUT2D eigenvalue weighted by atomic mass is 9.83. The van der Waals surface area contributed by atoms with Crippen molar-refractivity contribution in [1.82, 2.24) is 0 Å².